The SMILES string of the molecule is [C-]#[N+]/C=C(\C)c1ccc(N(CC(C)C)CC(C)C)c(NC(=O)Cc2cccc(Cl)c2)c1. The average molecular weight is 438 g/mol. The van der Waals surface area contributed by atoms with Gasteiger partial charge >= 0.3 is 0 Å². The van der Waals surface area contributed by atoms with Gasteiger partial charge in [0.2, 0.25) is 5.91 Å². The molecule has 2 aromatic carbocycles. The maximum atomic E-state index is 12.9. The Morgan fingerprint density at radius 3 is 2.39 bits per heavy atom. The minimum atomic E-state index is -0.0958. The zero-order valence-corrected chi connectivity index (χ0v) is 19.8. The van der Waals surface area contributed by atoms with Gasteiger partial charge in [-0.25, -0.2) is 4.85 Å². The lowest BCUT2D eigenvalue weighted by Crippen LogP contribution is -2.32. The van der Waals surface area contributed by atoms with E-state index >= 15 is 0 Å². The van der Waals surface area contributed by atoms with E-state index in [2.05, 4.69) is 48.8 Å². The molecule has 0 atom stereocenters. The highest BCUT2D eigenvalue weighted by Gasteiger charge is 2.17. The van der Waals surface area contributed by atoms with Crippen LogP contribution in [0.4, 0.5) is 11.4 Å². The molecule has 0 bridgehead atoms. The van der Waals surface area contributed by atoms with Crippen molar-refractivity contribution in [2.75, 3.05) is 23.3 Å². The molecule has 2 rings (SSSR count). The number of nitrogens with one attached hydrogen (secondary N) is 1. The first kappa shape index (κ1) is 24.5. The molecule has 1 N–H and O–H groups in total. The van der Waals surface area contributed by atoms with Gasteiger partial charge in [0.25, 0.3) is 0 Å². The Morgan fingerprint density at radius 1 is 1.13 bits per heavy atom. The molecule has 0 radical (unpaired) electrons. The number of amides is 1. The third-order valence-electron chi connectivity index (χ3n) is 4.75. The van der Waals surface area contributed by atoms with Crippen molar-refractivity contribution in [3.05, 3.63) is 76.2 Å². The molecule has 0 aromatic heterocycles. The van der Waals surface area contributed by atoms with E-state index in [0.29, 0.717) is 16.9 Å². The van der Waals surface area contributed by atoms with E-state index in [9.17, 15) is 4.79 Å². The molecule has 0 aliphatic rings. The Balaban J connectivity index is 2.41. The zero-order valence-electron chi connectivity index (χ0n) is 19.1. The van der Waals surface area contributed by atoms with Crippen LogP contribution < -0.4 is 10.2 Å². The fourth-order valence-corrected chi connectivity index (χ4v) is 3.72. The summed E-state index contributed by atoms with van der Waals surface area (Å²) < 4.78 is 0. The Morgan fingerprint density at radius 2 is 1.81 bits per heavy atom. The van der Waals surface area contributed by atoms with Gasteiger partial charge in [0.1, 0.15) is 0 Å². The number of hydrogen-bond acceptors (Lipinski definition) is 2. The second kappa shape index (κ2) is 11.6. The average Bonchev–Trinajstić information content (AvgIpc) is 2.66. The Bertz CT molecular complexity index is 963. The number of halogens is 1. The predicted octanol–water partition coefficient (Wildman–Crippen LogP) is 6.92. The van der Waals surface area contributed by atoms with Crippen LogP contribution in [0.1, 0.15) is 45.7 Å². The topological polar surface area (TPSA) is 36.7 Å². The second-order valence-electron chi connectivity index (χ2n) is 8.72. The van der Waals surface area contributed by atoms with Crippen LogP contribution in [-0.4, -0.2) is 19.0 Å². The van der Waals surface area contributed by atoms with Gasteiger partial charge in [0.05, 0.1) is 24.4 Å². The lowest BCUT2D eigenvalue weighted by atomic mass is 10.0. The van der Waals surface area contributed by atoms with Gasteiger partial charge in [-0.3, -0.25) is 4.79 Å². The Kier molecular flexibility index (Phi) is 9.15. The number of carbonyl (C=O) groups excluding carboxylic acids is 1. The summed E-state index contributed by atoms with van der Waals surface area (Å²) in [6, 6.07) is 13.4. The molecule has 1 amide bonds. The number of hydrogen-bond donors (Lipinski definition) is 1. The van der Waals surface area contributed by atoms with Crippen molar-refractivity contribution in [2.45, 2.75) is 41.0 Å². The van der Waals surface area contributed by atoms with Crippen molar-refractivity contribution in [1.29, 1.82) is 0 Å². The van der Waals surface area contributed by atoms with E-state index < -0.39 is 0 Å². The van der Waals surface area contributed by atoms with Gasteiger partial charge in [0.15, 0.2) is 6.20 Å². The Labute approximate surface area is 191 Å². The van der Waals surface area contributed by atoms with Crippen LogP contribution in [0.3, 0.4) is 0 Å². The third kappa shape index (κ3) is 7.77. The van der Waals surface area contributed by atoms with E-state index in [-0.39, 0.29) is 12.3 Å². The van der Waals surface area contributed by atoms with Crippen LogP contribution in [0.5, 0.6) is 0 Å². The number of anilines is 2. The molecule has 0 heterocycles. The summed E-state index contributed by atoms with van der Waals surface area (Å²) in [5.41, 5.74) is 4.43. The molecule has 0 spiro atoms. The van der Waals surface area contributed by atoms with Crippen LogP contribution in [0.15, 0.2) is 48.7 Å². The van der Waals surface area contributed by atoms with Gasteiger partial charge in [-0.1, -0.05) is 57.5 Å². The molecule has 4 nitrogen and oxygen atoms in total. The number of benzene rings is 2. The summed E-state index contributed by atoms with van der Waals surface area (Å²) in [6.07, 6.45) is 1.75. The summed E-state index contributed by atoms with van der Waals surface area (Å²) in [6.45, 7) is 19.6. The van der Waals surface area contributed by atoms with E-state index in [1.54, 1.807) is 6.07 Å². The van der Waals surface area contributed by atoms with Crippen molar-refractivity contribution < 1.29 is 4.79 Å². The molecule has 0 unspecified atom stereocenters. The van der Waals surface area contributed by atoms with Gasteiger partial charge in [-0.15, -0.1) is 0 Å². The molecule has 164 valence electrons. The highest BCUT2D eigenvalue weighted by molar-refractivity contribution is 6.30. The molecule has 2 aromatic rings. The number of nitrogens with zero attached hydrogens (tertiary/aromatic N) is 2. The van der Waals surface area contributed by atoms with Crippen molar-refractivity contribution in [2.24, 2.45) is 11.8 Å². The Hall–Kier alpha value is -2.77. The molecule has 0 aliphatic heterocycles. The number of allylic oxidation sites excluding steroid dienone is 1. The lowest BCUT2D eigenvalue weighted by Gasteiger charge is -2.31. The van der Waals surface area contributed by atoms with E-state index in [1.165, 1.54) is 6.20 Å². The molecular formula is C26H32ClN3O. The van der Waals surface area contributed by atoms with Gasteiger partial charge in [-0.05, 0) is 59.7 Å². The fourth-order valence-electron chi connectivity index (χ4n) is 3.51. The monoisotopic (exact) mass is 437 g/mol. The predicted molar refractivity (Wildman–Crippen MR) is 132 cm³/mol. The maximum absolute atomic E-state index is 12.9. The summed E-state index contributed by atoms with van der Waals surface area (Å²) in [7, 11) is 0. The van der Waals surface area contributed by atoms with Gasteiger partial charge in [-0.2, -0.15) is 0 Å². The number of rotatable bonds is 9. The summed E-state index contributed by atoms with van der Waals surface area (Å²) in [4.78, 5) is 18.6. The van der Waals surface area contributed by atoms with Gasteiger partial charge in [0, 0.05) is 18.1 Å². The quantitative estimate of drug-likeness (QED) is 0.432. The van der Waals surface area contributed by atoms with Crippen molar-refractivity contribution in [1.82, 2.24) is 0 Å². The molecule has 0 saturated carbocycles. The zero-order chi connectivity index (χ0) is 23.0. The molecular weight excluding hydrogens is 406 g/mol. The van der Waals surface area contributed by atoms with Crippen LogP contribution >= 0.6 is 11.6 Å². The smallest absolute Gasteiger partial charge is 0.228 e. The fraction of sp³-hybridized carbons (Fsp3) is 0.385. The van der Waals surface area contributed by atoms with E-state index in [1.807, 2.05) is 37.3 Å². The molecule has 5 heteroatoms. The van der Waals surface area contributed by atoms with Crippen molar-refractivity contribution in [3.8, 4) is 0 Å². The van der Waals surface area contributed by atoms with Crippen LogP contribution in [0.25, 0.3) is 10.4 Å². The number of carbonyl (C=O) groups is 1. The first-order valence-corrected chi connectivity index (χ1v) is 11.0. The summed E-state index contributed by atoms with van der Waals surface area (Å²) in [5.74, 6) is 0.871. The second-order valence-corrected chi connectivity index (χ2v) is 9.16. The van der Waals surface area contributed by atoms with Crippen LogP contribution in [-0.2, 0) is 11.2 Å². The standard InChI is InChI=1S/C26H32ClN3O/c1-18(2)16-30(17-19(3)4)25-11-10-22(20(5)15-28-6)14-24(25)29-26(31)13-21-8-7-9-23(27)12-21/h7-12,14-15,18-19H,13,16-17H2,1-5H3,(H,29,31)/b20-15+. The lowest BCUT2D eigenvalue weighted by molar-refractivity contribution is -0.115. The molecule has 0 fully saturated rings. The maximum Gasteiger partial charge on any atom is 0.228 e. The first-order valence-electron chi connectivity index (χ1n) is 10.7. The van der Waals surface area contributed by atoms with Gasteiger partial charge < -0.3 is 10.2 Å². The normalized spacial score (nSPS) is 11.5. The van der Waals surface area contributed by atoms with E-state index in [4.69, 9.17) is 18.2 Å². The minimum absolute atomic E-state index is 0.0958. The summed E-state index contributed by atoms with van der Waals surface area (Å²) >= 11 is 6.07. The first-order chi connectivity index (χ1) is 14.7. The van der Waals surface area contributed by atoms with E-state index in [0.717, 1.165) is 41.2 Å². The third-order valence-corrected chi connectivity index (χ3v) is 4.98. The largest absolute Gasteiger partial charge is 0.369 e. The van der Waals surface area contributed by atoms with Crippen molar-refractivity contribution in [3.63, 3.8) is 0 Å². The molecule has 0 aliphatic carbocycles. The highest BCUT2D eigenvalue weighted by Crippen LogP contribution is 2.31. The van der Waals surface area contributed by atoms with Crippen LogP contribution in [0, 0.1) is 18.4 Å². The van der Waals surface area contributed by atoms with Crippen LogP contribution in [0.2, 0.25) is 5.02 Å². The summed E-state index contributed by atoms with van der Waals surface area (Å²) in [5, 5.41) is 3.73. The minimum Gasteiger partial charge on any atom is -0.369 e. The highest BCUT2D eigenvalue weighted by atomic mass is 35.5. The molecule has 0 saturated heterocycles. The molecule has 31 heavy (non-hydrogen) atoms. The van der Waals surface area contributed by atoms with Crippen molar-refractivity contribution >= 4 is 34.5 Å².